The summed E-state index contributed by atoms with van der Waals surface area (Å²) in [6.45, 7) is 1.10. The van der Waals surface area contributed by atoms with Crippen LogP contribution in [0.15, 0.2) is 36.4 Å². The summed E-state index contributed by atoms with van der Waals surface area (Å²) in [5, 5.41) is 0. The standard InChI is InChI=1S/C15H11F3O2/c1-9-5-6-10(16)7-14(9)20-8-13(19)15-11(17)3-2-4-12(15)18/h2-7H,8H2,1H3. The van der Waals surface area contributed by atoms with Gasteiger partial charge in [-0.25, -0.2) is 13.2 Å². The molecule has 0 aliphatic carbocycles. The minimum atomic E-state index is -0.949. The Morgan fingerprint density at radius 2 is 1.75 bits per heavy atom. The zero-order valence-electron chi connectivity index (χ0n) is 10.6. The van der Waals surface area contributed by atoms with E-state index in [-0.39, 0.29) is 5.75 Å². The smallest absolute Gasteiger partial charge is 0.206 e. The van der Waals surface area contributed by atoms with Crippen LogP contribution in [0.5, 0.6) is 5.75 Å². The van der Waals surface area contributed by atoms with E-state index in [4.69, 9.17) is 4.74 Å². The molecule has 5 heteroatoms. The fourth-order valence-corrected chi connectivity index (χ4v) is 1.71. The van der Waals surface area contributed by atoms with Crippen molar-refractivity contribution in [3.63, 3.8) is 0 Å². The number of benzene rings is 2. The number of ether oxygens (including phenoxy) is 1. The van der Waals surface area contributed by atoms with Crippen LogP contribution in [0, 0.1) is 24.4 Å². The van der Waals surface area contributed by atoms with Crippen LogP contribution in [0.4, 0.5) is 13.2 Å². The molecule has 0 heterocycles. The molecule has 0 amide bonds. The highest BCUT2D eigenvalue weighted by molar-refractivity contribution is 5.97. The number of aryl methyl sites for hydroxylation is 1. The van der Waals surface area contributed by atoms with Crippen molar-refractivity contribution >= 4 is 5.78 Å². The van der Waals surface area contributed by atoms with Crippen molar-refractivity contribution in [1.82, 2.24) is 0 Å². The van der Waals surface area contributed by atoms with Crippen molar-refractivity contribution in [2.24, 2.45) is 0 Å². The summed E-state index contributed by atoms with van der Waals surface area (Å²) in [6.07, 6.45) is 0. The molecule has 0 spiro atoms. The molecule has 0 atom stereocenters. The Labute approximate surface area is 113 Å². The van der Waals surface area contributed by atoms with E-state index in [1.807, 2.05) is 0 Å². The monoisotopic (exact) mass is 280 g/mol. The molecule has 0 fully saturated rings. The second-order valence-corrected chi connectivity index (χ2v) is 4.22. The molecule has 0 unspecified atom stereocenters. The molecule has 2 nitrogen and oxygen atoms in total. The molecule has 0 saturated carbocycles. The summed E-state index contributed by atoms with van der Waals surface area (Å²) >= 11 is 0. The summed E-state index contributed by atoms with van der Waals surface area (Å²) in [5.41, 5.74) is -0.0326. The van der Waals surface area contributed by atoms with Crippen LogP contribution < -0.4 is 4.74 Å². The normalized spacial score (nSPS) is 10.4. The van der Waals surface area contributed by atoms with E-state index in [9.17, 15) is 18.0 Å². The molecule has 0 radical (unpaired) electrons. The van der Waals surface area contributed by atoms with Gasteiger partial charge < -0.3 is 4.74 Å². The number of hydrogen-bond donors (Lipinski definition) is 0. The van der Waals surface area contributed by atoms with Gasteiger partial charge in [-0.2, -0.15) is 0 Å². The van der Waals surface area contributed by atoms with Gasteiger partial charge in [0.2, 0.25) is 5.78 Å². The van der Waals surface area contributed by atoms with Gasteiger partial charge in [0, 0.05) is 6.07 Å². The summed E-state index contributed by atoms with van der Waals surface area (Å²) < 4.78 is 44.9. The number of hydrogen-bond acceptors (Lipinski definition) is 2. The van der Waals surface area contributed by atoms with E-state index in [0.717, 1.165) is 18.2 Å². The van der Waals surface area contributed by atoms with Crippen molar-refractivity contribution in [2.75, 3.05) is 6.61 Å². The first-order valence-corrected chi connectivity index (χ1v) is 5.85. The molecule has 0 aromatic heterocycles. The van der Waals surface area contributed by atoms with Gasteiger partial charge in [-0.15, -0.1) is 0 Å². The average molecular weight is 280 g/mol. The predicted octanol–water partition coefficient (Wildman–Crippen LogP) is 3.67. The number of rotatable bonds is 4. The highest BCUT2D eigenvalue weighted by Crippen LogP contribution is 2.20. The van der Waals surface area contributed by atoms with Gasteiger partial charge >= 0.3 is 0 Å². The predicted molar refractivity (Wildman–Crippen MR) is 67.3 cm³/mol. The highest BCUT2D eigenvalue weighted by atomic mass is 19.1. The zero-order valence-corrected chi connectivity index (χ0v) is 10.6. The summed E-state index contributed by atoms with van der Waals surface area (Å²) in [6, 6.07) is 6.99. The number of carbonyl (C=O) groups excluding carboxylic acids is 1. The fraction of sp³-hybridized carbons (Fsp3) is 0.133. The zero-order chi connectivity index (χ0) is 14.7. The molecular weight excluding hydrogens is 269 g/mol. The van der Waals surface area contributed by atoms with Crippen LogP contribution >= 0.6 is 0 Å². The Bertz CT molecular complexity index is 633. The van der Waals surface area contributed by atoms with E-state index in [0.29, 0.717) is 5.56 Å². The number of halogens is 3. The number of carbonyl (C=O) groups is 1. The van der Waals surface area contributed by atoms with Gasteiger partial charge in [-0.3, -0.25) is 4.79 Å². The lowest BCUT2D eigenvalue weighted by Gasteiger charge is -2.09. The SMILES string of the molecule is Cc1ccc(F)cc1OCC(=O)c1c(F)cccc1F. The minimum absolute atomic E-state index is 0.162. The second kappa shape index (κ2) is 5.77. The lowest BCUT2D eigenvalue weighted by molar-refractivity contribution is 0.0912. The Morgan fingerprint density at radius 3 is 2.40 bits per heavy atom. The number of Topliss-reactive ketones (excluding diaryl/α,β-unsaturated/α-hetero) is 1. The van der Waals surface area contributed by atoms with Crippen molar-refractivity contribution in [1.29, 1.82) is 0 Å². The molecular formula is C15H11F3O2. The van der Waals surface area contributed by atoms with E-state index < -0.39 is 35.4 Å². The molecule has 20 heavy (non-hydrogen) atoms. The van der Waals surface area contributed by atoms with E-state index in [2.05, 4.69) is 0 Å². The molecule has 0 bridgehead atoms. The molecule has 2 aromatic rings. The highest BCUT2D eigenvalue weighted by Gasteiger charge is 2.17. The maximum Gasteiger partial charge on any atom is 0.206 e. The van der Waals surface area contributed by atoms with Crippen LogP contribution in [0.3, 0.4) is 0 Å². The topological polar surface area (TPSA) is 26.3 Å². The lowest BCUT2D eigenvalue weighted by Crippen LogP contribution is -2.15. The Balaban J connectivity index is 2.15. The first kappa shape index (κ1) is 14.1. The third kappa shape index (κ3) is 2.99. The Hall–Kier alpha value is -2.30. The van der Waals surface area contributed by atoms with Crippen LogP contribution in [0.2, 0.25) is 0 Å². The molecule has 2 aromatic carbocycles. The lowest BCUT2D eigenvalue weighted by atomic mass is 10.1. The molecule has 0 aliphatic heterocycles. The van der Waals surface area contributed by atoms with E-state index in [1.165, 1.54) is 18.2 Å². The van der Waals surface area contributed by atoms with Crippen LogP contribution in [-0.2, 0) is 0 Å². The van der Waals surface area contributed by atoms with Gasteiger partial charge in [-0.1, -0.05) is 12.1 Å². The second-order valence-electron chi connectivity index (χ2n) is 4.22. The molecule has 2 rings (SSSR count). The van der Waals surface area contributed by atoms with Crippen molar-refractivity contribution in [3.05, 3.63) is 65.0 Å². The maximum absolute atomic E-state index is 13.4. The fourth-order valence-electron chi connectivity index (χ4n) is 1.71. The van der Waals surface area contributed by atoms with Crippen molar-refractivity contribution in [2.45, 2.75) is 6.92 Å². The summed E-state index contributed by atoms with van der Waals surface area (Å²) in [5.74, 6) is -3.10. The van der Waals surface area contributed by atoms with Gasteiger partial charge in [0.15, 0.2) is 6.61 Å². The summed E-state index contributed by atoms with van der Waals surface area (Å²) in [7, 11) is 0. The first-order chi connectivity index (χ1) is 9.49. The van der Waals surface area contributed by atoms with E-state index in [1.54, 1.807) is 6.92 Å². The van der Waals surface area contributed by atoms with Gasteiger partial charge in [0.1, 0.15) is 23.2 Å². The Kier molecular flexibility index (Phi) is 4.08. The minimum Gasteiger partial charge on any atom is -0.485 e. The van der Waals surface area contributed by atoms with E-state index >= 15 is 0 Å². The quantitative estimate of drug-likeness (QED) is 0.799. The van der Waals surface area contributed by atoms with Gasteiger partial charge in [0.25, 0.3) is 0 Å². The van der Waals surface area contributed by atoms with Gasteiger partial charge in [-0.05, 0) is 30.7 Å². The maximum atomic E-state index is 13.4. The van der Waals surface area contributed by atoms with Crippen LogP contribution in [0.25, 0.3) is 0 Å². The van der Waals surface area contributed by atoms with Gasteiger partial charge in [0.05, 0.1) is 5.56 Å². The molecule has 0 aliphatic rings. The largest absolute Gasteiger partial charge is 0.485 e. The Morgan fingerprint density at radius 1 is 1.10 bits per heavy atom. The molecule has 104 valence electrons. The summed E-state index contributed by atoms with van der Waals surface area (Å²) in [4.78, 5) is 11.8. The number of ketones is 1. The van der Waals surface area contributed by atoms with Crippen LogP contribution in [-0.4, -0.2) is 12.4 Å². The van der Waals surface area contributed by atoms with Crippen molar-refractivity contribution < 1.29 is 22.7 Å². The first-order valence-electron chi connectivity index (χ1n) is 5.85. The molecule has 0 N–H and O–H groups in total. The molecule has 0 saturated heterocycles. The third-order valence-electron chi connectivity index (χ3n) is 2.75. The average Bonchev–Trinajstić information content (AvgIpc) is 2.39. The van der Waals surface area contributed by atoms with Crippen LogP contribution in [0.1, 0.15) is 15.9 Å². The van der Waals surface area contributed by atoms with Crippen molar-refractivity contribution in [3.8, 4) is 5.75 Å². The third-order valence-corrected chi connectivity index (χ3v) is 2.75.